The number of methoxy groups -OCH3 is 1. The minimum atomic E-state index is -0.867. The Bertz CT molecular complexity index is 1380. The van der Waals surface area contributed by atoms with Gasteiger partial charge in [0.1, 0.15) is 11.6 Å². The second-order valence-electron chi connectivity index (χ2n) is 9.90. The second kappa shape index (κ2) is 9.32. The number of nitrogens with one attached hydrogen (secondary N) is 1. The molecule has 8 heteroatoms. The number of aromatic nitrogens is 1. The van der Waals surface area contributed by atoms with Crippen molar-refractivity contribution in [2.45, 2.75) is 56.5 Å². The minimum absolute atomic E-state index is 0.269. The van der Waals surface area contributed by atoms with E-state index in [9.17, 15) is 20.0 Å². The molecule has 1 aliphatic heterocycles. The van der Waals surface area contributed by atoms with Crippen LogP contribution in [0.1, 0.15) is 64.7 Å². The molecule has 1 unspecified atom stereocenters. The van der Waals surface area contributed by atoms with Crippen molar-refractivity contribution in [2.75, 3.05) is 13.7 Å². The summed E-state index contributed by atoms with van der Waals surface area (Å²) < 4.78 is 5.44. The smallest absolute Gasteiger partial charge is 0.321 e. The van der Waals surface area contributed by atoms with E-state index in [1.165, 1.54) is 7.11 Å². The fourth-order valence-corrected chi connectivity index (χ4v) is 6.51. The van der Waals surface area contributed by atoms with Crippen LogP contribution >= 0.6 is 0 Å². The van der Waals surface area contributed by atoms with Gasteiger partial charge in [0.25, 0.3) is 5.91 Å². The molecule has 0 radical (unpaired) electrons. The van der Waals surface area contributed by atoms with E-state index in [4.69, 9.17) is 10.5 Å². The predicted molar refractivity (Wildman–Crippen MR) is 135 cm³/mol. The van der Waals surface area contributed by atoms with Crippen LogP contribution in [0.15, 0.2) is 36.4 Å². The van der Waals surface area contributed by atoms with E-state index in [0.29, 0.717) is 54.7 Å². The summed E-state index contributed by atoms with van der Waals surface area (Å²) in [6.07, 6.45) is 4.94. The lowest BCUT2D eigenvalue weighted by Crippen LogP contribution is -2.57. The van der Waals surface area contributed by atoms with Gasteiger partial charge < -0.3 is 20.6 Å². The number of hydrogen-bond donors (Lipinski definition) is 3. The number of carboxylic acid groups (broad SMARTS) is 1. The summed E-state index contributed by atoms with van der Waals surface area (Å²) in [5.41, 5.74) is 9.69. The van der Waals surface area contributed by atoms with Gasteiger partial charge in [-0.25, -0.2) is 0 Å². The Labute approximate surface area is 209 Å². The molecule has 0 spiro atoms. The maximum Gasteiger partial charge on any atom is 0.321 e. The minimum Gasteiger partial charge on any atom is -0.482 e. The van der Waals surface area contributed by atoms with Crippen LogP contribution in [0, 0.1) is 11.3 Å². The molecule has 1 aromatic heterocycles. The van der Waals surface area contributed by atoms with Gasteiger partial charge in [0.15, 0.2) is 0 Å². The average Bonchev–Trinajstić information content (AvgIpc) is 3.28. The van der Waals surface area contributed by atoms with Gasteiger partial charge in [-0.05, 0) is 54.2 Å². The van der Waals surface area contributed by atoms with E-state index in [1.54, 1.807) is 6.07 Å². The third kappa shape index (κ3) is 3.80. The molecule has 36 heavy (non-hydrogen) atoms. The molecule has 1 aliphatic carbocycles. The molecule has 1 atom stereocenters. The van der Waals surface area contributed by atoms with Gasteiger partial charge in [0.2, 0.25) is 5.88 Å². The van der Waals surface area contributed by atoms with E-state index in [0.717, 1.165) is 36.0 Å². The van der Waals surface area contributed by atoms with Gasteiger partial charge in [0.05, 0.1) is 18.7 Å². The second-order valence-corrected chi connectivity index (χ2v) is 9.90. The Balaban J connectivity index is 1.67. The molecular formula is C28H30N4O4. The molecule has 0 saturated heterocycles. The molecule has 1 saturated carbocycles. The summed E-state index contributed by atoms with van der Waals surface area (Å²) in [5, 5.41) is 20.7. The van der Waals surface area contributed by atoms with Crippen molar-refractivity contribution < 1.29 is 19.4 Å². The van der Waals surface area contributed by atoms with Crippen LogP contribution in [0.3, 0.4) is 0 Å². The Kier molecular flexibility index (Phi) is 6.19. The molecule has 4 N–H and O–H groups in total. The average molecular weight is 487 g/mol. The standard InChI is InChI=1S/C28H30N4O4/c1-36-26-23(25(30)33)22-20(6-5-7-21(22)31-26)28(11-3-2-4-12-28)24(27(34)35)32-13-10-18-14-17(15-29)8-9-19(18)16-32/h5-9,14,24,31H,2-4,10-13,16H2,1H3,(H2,30,33)(H,34,35). The van der Waals surface area contributed by atoms with Crippen LogP contribution in [0.25, 0.3) is 10.9 Å². The highest BCUT2D eigenvalue weighted by molar-refractivity contribution is 6.10. The summed E-state index contributed by atoms with van der Waals surface area (Å²) in [7, 11) is 1.48. The first-order valence-corrected chi connectivity index (χ1v) is 12.4. The van der Waals surface area contributed by atoms with E-state index >= 15 is 0 Å². The van der Waals surface area contributed by atoms with Crippen molar-refractivity contribution in [1.82, 2.24) is 9.88 Å². The van der Waals surface area contributed by atoms with Crippen LogP contribution in [-0.4, -0.2) is 46.6 Å². The van der Waals surface area contributed by atoms with Crippen molar-refractivity contribution in [2.24, 2.45) is 5.73 Å². The Morgan fingerprint density at radius 2 is 1.97 bits per heavy atom. The first kappa shape index (κ1) is 23.9. The summed E-state index contributed by atoms with van der Waals surface area (Å²) in [6, 6.07) is 12.8. The quantitative estimate of drug-likeness (QED) is 0.485. The zero-order valence-corrected chi connectivity index (χ0v) is 20.3. The highest BCUT2D eigenvalue weighted by Gasteiger charge is 2.50. The number of nitrogens with zero attached hydrogens (tertiary/aromatic N) is 2. The number of nitriles is 1. The van der Waals surface area contributed by atoms with Gasteiger partial charge in [-0.2, -0.15) is 5.26 Å². The molecule has 1 amide bonds. The molecule has 5 rings (SSSR count). The van der Waals surface area contributed by atoms with Crippen molar-refractivity contribution in [3.63, 3.8) is 0 Å². The molecule has 2 heterocycles. The topological polar surface area (TPSA) is 132 Å². The molecule has 3 aromatic rings. The third-order valence-electron chi connectivity index (χ3n) is 8.02. The number of hydrogen-bond acceptors (Lipinski definition) is 5. The first-order chi connectivity index (χ1) is 17.4. The molecular weight excluding hydrogens is 456 g/mol. The lowest BCUT2D eigenvalue weighted by atomic mass is 9.63. The van der Waals surface area contributed by atoms with Gasteiger partial charge in [0, 0.05) is 29.4 Å². The van der Waals surface area contributed by atoms with Gasteiger partial charge >= 0.3 is 5.97 Å². The van der Waals surface area contributed by atoms with Crippen molar-refractivity contribution >= 4 is 22.8 Å². The molecule has 1 fully saturated rings. The number of aliphatic carboxylic acids is 1. The van der Waals surface area contributed by atoms with Gasteiger partial charge in [-0.15, -0.1) is 0 Å². The highest BCUT2D eigenvalue weighted by atomic mass is 16.5. The number of ether oxygens (including phenoxy) is 1. The number of primary amides is 1. The molecule has 2 aliphatic rings. The van der Waals surface area contributed by atoms with Crippen LogP contribution < -0.4 is 10.5 Å². The maximum absolute atomic E-state index is 13.1. The number of carbonyl (C=O) groups excluding carboxylic acids is 1. The van der Waals surface area contributed by atoms with Crippen LogP contribution in [0.2, 0.25) is 0 Å². The number of aromatic amines is 1. The van der Waals surface area contributed by atoms with E-state index in [1.807, 2.05) is 30.3 Å². The summed E-state index contributed by atoms with van der Waals surface area (Å²) in [5.74, 6) is -1.18. The monoisotopic (exact) mass is 486 g/mol. The Morgan fingerprint density at radius 3 is 2.64 bits per heavy atom. The molecule has 2 aromatic carbocycles. The largest absolute Gasteiger partial charge is 0.482 e. The number of nitrogens with two attached hydrogens (primary N) is 1. The van der Waals surface area contributed by atoms with Crippen LogP contribution in [0.4, 0.5) is 0 Å². The fraction of sp³-hybridized carbons (Fsp3) is 0.393. The normalized spacial score (nSPS) is 18.2. The summed E-state index contributed by atoms with van der Waals surface area (Å²) >= 11 is 0. The van der Waals surface area contributed by atoms with Crippen molar-refractivity contribution in [1.29, 1.82) is 5.26 Å². The number of rotatable bonds is 6. The van der Waals surface area contributed by atoms with Crippen LogP contribution in [0.5, 0.6) is 5.88 Å². The Morgan fingerprint density at radius 1 is 1.19 bits per heavy atom. The van der Waals surface area contributed by atoms with E-state index in [-0.39, 0.29) is 5.56 Å². The Hall–Kier alpha value is -3.83. The SMILES string of the molecule is COc1[nH]c2cccc(C3(C(C(=O)O)N4CCc5cc(C#N)ccc5C4)CCCCC3)c2c1C(N)=O. The summed E-state index contributed by atoms with van der Waals surface area (Å²) in [6.45, 7) is 1.07. The van der Waals surface area contributed by atoms with E-state index < -0.39 is 23.3 Å². The van der Waals surface area contributed by atoms with Crippen LogP contribution in [-0.2, 0) is 23.2 Å². The number of amides is 1. The number of benzene rings is 2. The maximum atomic E-state index is 13.1. The van der Waals surface area contributed by atoms with Gasteiger partial charge in [-0.1, -0.05) is 37.5 Å². The van der Waals surface area contributed by atoms with E-state index in [2.05, 4.69) is 16.0 Å². The number of H-pyrrole nitrogens is 1. The molecule has 186 valence electrons. The zero-order valence-electron chi connectivity index (χ0n) is 20.3. The lowest BCUT2D eigenvalue weighted by Gasteiger charge is -2.48. The lowest BCUT2D eigenvalue weighted by molar-refractivity contribution is -0.148. The van der Waals surface area contributed by atoms with Crippen molar-refractivity contribution in [3.05, 3.63) is 64.2 Å². The first-order valence-electron chi connectivity index (χ1n) is 12.4. The number of fused-ring (bicyclic) bond motifs is 2. The zero-order chi connectivity index (χ0) is 25.4. The third-order valence-corrected chi connectivity index (χ3v) is 8.02. The summed E-state index contributed by atoms with van der Waals surface area (Å²) in [4.78, 5) is 30.9. The number of carboxylic acids is 1. The van der Waals surface area contributed by atoms with Crippen molar-refractivity contribution in [3.8, 4) is 11.9 Å². The molecule has 8 nitrogen and oxygen atoms in total. The number of carbonyl (C=O) groups is 2. The fourth-order valence-electron chi connectivity index (χ4n) is 6.51. The predicted octanol–water partition coefficient (Wildman–Crippen LogP) is 3.86. The van der Waals surface area contributed by atoms with Gasteiger partial charge in [-0.3, -0.25) is 14.5 Å². The highest BCUT2D eigenvalue weighted by Crippen LogP contribution is 2.48. The molecule has 0 bridgehead atoms.